The van der Waals surface area contributed by atoms with Crippen LogP contribution >= 0.6 is 11.3 Å². The van der Waals surface area contributed by atoms with Crippen molar-refractivity contribution in [3.05, 3.63) is 5.51 Å². The molecule has 1 rings (SSSR count). The molecule has 7 nitrogen and oxygen atoms in total. The molecular formula is C2H5N3O4S2. The number of nitrogens with two attached hydrogens (primary N) is 1. The van der Waals surface area contributed by atoms with E-state index in [0.717, 1.165) is 0 Å². The van der Waals surface area contributed by atoms with Gasteiger partial charge in [-0.15, -0.1) is 0 Å². The van der Waals surface area contributed by atoms with Crippen LogP contribution in [-0.2, 0) is 10.4 Å². The number of H-pyrrole nitrogens is 1. The van der Waals surface area contributed by atoms with E-state index in [4.69, 9.17) is 23.3 Å². The number of aromatic nitrogens is 2. The van der Waals surface area contributed by atoms with E-state index in [-0.39, 0.29) is 0 Å². The number of hydrogen-bond donors (Lipinski definition) is 2. The number of nitrogens with zero attached hydrogens (tertiary/aromatic N) is 1. The molecule has 1 heterocycles. The fraction of sp³-hybridized carbons (Fsp3) is 0. The molecule has 0 aromatic carbocycles. The average Bonchev–Trinajstić information content (AvgIpc) is 2.12. The third-order valence-electron chi connectivity index (χ3n) is 0.407. The second-order valence-corrected chi connectivity index (χ2v) is 2.99. The summed E-state index contributed by atoms with van der Waals surface area (Å²) in [5.74, 6) is 0. The molecule has 0 aliphatic heterocycles. The lowest BCUT2D eigenvalue weighted by Gasteiger charge is -1.88. The number of nitrogen functional groups attached to an aromatic ring is 1. The van der Waals surface area contributed by atoms with Gasteiger partial charge in [0.25, 0.3) is 10.6 Å². The van der Waals surface area contributed by atoms with Crippen LogP contribution in [-0.4, -0.2) is 22.6 Å². The average molecular weight is 199 g/mol. The van der Waals surface area contributed by atoms with Gasteiger partial charge in [-0.1, -0.05) is 5.10 Å². The Labute approximate surface area is 66.5 Å². The van der Waals surface area contributed by atoms with Crippen molar-refractivity contribution in [2.24, 2.45) is 0 Å². The molecule has 0 unspecified atom stereocenters. The Morgan fingerprint density at radius 3 is 2.36 bits per heavy atom. The second-order valence-electron chi connectivity index (χ2n) is 1.24. The van der Waals surface area contributed by atoms with Gasteiger partial charge in [-0.25, -0.2) is 8.42 Å². The van der Waals surface area contributed by atoms with Crippen LogP contribution in [0.3, 0.4) is 0 Å². The van der Waals surface area contributed by atoms with Gasteiger partial charge < -0.3 is 10.3 Å². The van der Waals surface area contributed by atoms with Crippen molar-refractivity contribution < 1.29 is 22.6 Å². The van der Waals surface area contributed by atoms with Gasteiger partial charge in [-0.05, 0) is 11.3 Å². The molecule has 0 atom stereocenters. The van der Waals surface area contributed by atoms with Crippen molar-refractivity contribution in [3.8, 4) is 0 Å². The Morgan fingerprint density at radius 1 is 1.82 bits per heavy atom. The third kappa shape index (κ3) is 12.4. The van der Waals surface area contributed by atoms with Crippen LogP contribution in [0.5, 0.6) is 0 Å². The third-order valence-corrected chi connectivity index (χ3v) is 0.963. The molecule has 0 radical (unpaired) electrons. The normalized spacial score (nSPS) is 10.0. The van der Waals surface area contributed by atoms with Crippen LogP contribution < -0.4 is 10.8 Å². The smallest absolute Gasteiger partial charge is 0.252 e. The number of anilines is 1. The summed E-state index contributed by atoms with van der Waals surface area (Å²) in [6.07, 6.45) is 0. The van der Waals surface area contributed by atoms with E-state index in [9.17, 15) is 0 Å². The van der Waals surface area contributed by atoms with Crippen molar-refractivity contribution >= 4 is 26.9 Å². The number of hydrogen-bond acceptors (Lipinski definition) is 6. The summed E-state index contributed by atoms with van der Waals surface area (Å²) in [5.41, 5.74) is 6.87. The zero-order valence-corrected chi connectivity index (χ0v) is 6.72. The monoisotopic (exact) mass is 199 g/mol. The summed E-state index contributed by atoms with van der Waals surface area (Å²) in [5, 5.41) is 6.74. The Bertz CT molecular complexity index is 270. The van der Waals surface area contributed by atoms with E-state index >= 15 is 0 Å². The van der Waals surface area contributed by atoms with Crippen molar-refractivity contribution in [3.63, 3.8) is 0 Å². The first-order valence-electron chi connectivity index (χ1n) is 2.15. The minimum Gasteiger partial charge on any atom is -0.726 e. The van der Waals surface area contributed by atoms with Gasteiger partial charge in [0.1, 0.15) is 0 Å². The van der Waals surface area contributed by atoms with Crippen LogP contribution in [0.2, 0.25) is 0 Å². The highest BCUT2D eigenvalue weighted by molar-refractivity contribution is 7.79. The summed E-state index contributed by atoms with van der Waals surface area (Å²) in [6.45, 7) is 0. The summed E-state index contributed by atoms with van der Waals surface area (Å²) in [7, 11) is -4.92. The molecule has 0 aliphatic rings. The van der Waals surface area contributed by atoms with Crippen LogP contribution in [0, 0.1) is 0 Å². The molecule has 0 amide bonds. The van der Waals surface area contributed by atoms with Crippen molar-refractivity contribution in [1.82, 2.24) is 5.10 Å². The van der Waals surface area contributed by atoms with Crippen LogP contribution in [0.15, 0.2) is 5.51 Å². The molecule has 4 N–H and O–H groups in total. The van der Waals surface area contributed by atoms with Gasteiger partial charge >= 0.3 is 0 Å². The van der Waals surface area contributed by atoms with Crippen LogP contribution in [0.25, 0.3) is 0 Å². The van der Waals surface area contributed by atoms with Gasteiger partial charge in [-0.3, -0.25) is 4.55 Å². The maximum Gasteiger partial charge on any atom is 0.252 e. The minimum absolute atomic E-state index is 0.579. The van der Waals surface area contributed by atoms with Gasteiger partial charge in [-0.2, -0.15) is 0 Å². The second kappa shape index (κ2) is 4.18. The summed E-state index contributed by atoms with van der Waals surface area (Å²) in [6, 6.07) is 0. The molecule has 0 saturated carbocycles. The molecule has 0 saturated heterocycles. The van der Waals surface area contributed by atoms with E-state index in [1.165, 1.54) is 11.3 Å². The highest BCUT2D eigenvalue weighted by atomic mass is 32.3. The molecule has 0 bridgehead atoms. The first-order valence-corrected chi connectivity index (χ1v) is 4.39. The number of nitrogens with one attached hydrogen (secondary N) is 1. The number of rotatable bonds is 0. The van der Waals surface area contributed by atoms with Crippen molar-refractivity contribution in [2.45, 2.75) is 0 Å². The fourth-order valence-electron chi connectivity index (χ4n) is 0.203. The molecular weight excluding hydrogens is 194 g/mol. The fourth-order valence-corrected chi connectivity index (χ4v) is 0.535. The van der Waals surface area contributed by atoms with Crippen LogP contribution in [0.1, 0.15) is 0 Å². The van der Waals surface area contributed by atoms with E-state index in [2.05, 4.69) is 10.2 Å². The lowest BCUT2D eigenvalue weighted by Crippen LogP contribution is -1.99. The van der Waals surface area contributed by atoms with E-state index in [1.54, 1.807) is 5.51 Å². The first-order chi connectivity index (χ1) is 4.89. The predicted octanol–water partition coefficient (Wildman–Crippen LogP) is -1.46. The Balaban J connectivity index is 0.000000187. The van der Waals surface area contributed by atoms with Crippen LogP contribution in [0.4, 0.5) is 5.13 Å². The lowest BCUT2D eigenvalue weighted by atomic mass is 11.3. The molecule has 9 heteroatoms. The SMILES string of the molecule is Nc1n[nH+]cs1.O=S(=O)([O-])O. The maximum absolute atomic E-state index is 8.63. The zero-order valence-electron chi connectivity index (χ0n) is 5.09. The Kier molecular flexibility index (Phi) is 3.89. The first kappa shape index (κ1) is 10.2. The van der Waals surface area contributed by atoms with E-state index < -0.39 is 10.4 Å². The topological polar surface area (TPSA) is 130 Å². The summed E-state index contributed by atoms with van der Waals surface area (Å²) >= 11 is 1.39. The molecule has 11 heavy (non-hydrogen) atoms. The molecule has 0 spiro atoms. The lowest BCUT2D eigenvalue weighted by molar-refractivity contribution is -0.445. The molecule has 0 aliphatic carbocycles. The highest BCUT2D eigenvalue weighted by Crippen LogP contribution is 1.95. The summed E-state index contributed by atoms with van der Waals surface area (Å²) < 4.78 is 32.8. The molecule has 1 aromatic rings. The largest absolute Gasteiger partial charge is 0.726 e. The highest BCUT2D eigenvalue weighted by Gasteiger charge is 1.86. The minimum atomic E-state index is -4.92. The van der Waals surface area contributed by atoms with Gasteiger partial charge in [0.2, 0.25) is 10.4 Å². The van der Waals surface area contributed by atoms with Gasteiger partial charge in [0.05, 0.1) is 0 Å². The number of aromatic amines is 1. The predicted molar refractivity (Wildman–Crippen MR) is 35.4 cm³/mol. The van der Waals surface area contributed by atoms with E-state index in [0.29, 0.717) is 5.13 Å². The maximum atomic E-state index is 8.63. The van der Waals surface area contributed by atoms with Crippen molar-refractivity contribution in [1.29, 1.82) is 0 Å². The quantitative estimate of drug-likeness (QED) is 0.388. The van der Waals surface area contributed by atoms with Gasteiger partial charge in [0.15, 0.2) is 0 Å². The summed E-state index contributed by atoms with van der Waals surface area (Å²) in [4.78, 5) is 0. The molecule has 1 aromatic heterocycles. The molecule has 0 fully saturated rings. The van der Waals surface area contributed by atoms with Gasteiger partial charge in [0, 0.05) is 5.10 Å². The van der Waals surface area contributed by atoms with E-state index in [1.807, 2.05) is 0 Å². The standard InChI is InChI=1S/C2H3N3S.H2O4S/c3-2-5-4-1-6-2;1-5(2,3)4/h1H,(H2,3,5);(H2,1,2,3,4). The molecule has 64 valence electrons. The zero-order chi connectivity index (χ0) is 8.91. The Hall–Kier alpha value is -0.770. The Morgan fingerprint density at radius 2 is 2.27 bits per heavy atom. The van der Waals surface area contributed by atoms with Crippen molar-refractivity contribution in [2.75, 3.05) is 5.73 Å².